The first-order valence-corrected chi connectivity index (χ1v) is 6.36. The van der Waals surface area contributed by atoms with E-state index in [1.54, 1.807) is 7.11 Å². The van der Waals surface area contributed by atoms with Crippen molar-refractivity contribution in [3.05, 3.63) is 65.4 Å². The van der Waals surface area contributed by atoms with E-state index in [0.717, 1.165) is 28.9 Å². The summed E-state index contributed by atoms with van der Waals surface area (Å²) in [5.74, 6) is 1.87. The number of rotatable bonds is 3. The molecule has 96 valence electrons. The molecule has 0 fully saturated rings. The molecule has 0 saturated carbocycles. The lowest BCUT2D eigenvalue weighted by Crippen LogP contribution is -1.87. The molecule has 3 rings (SSSR count). The molecule has 19 heavy (non-hydrogen) atoms. The predicted molar refractivity (Wildman–Crippen MR) is 76.8 cm³/mol. The van der Waals surface area contributed by atoms with Gasteiger partial charge in [0.05, 0.1) is 7.11 Å². The quantitative estimate of drug-likeness (QED) is 0.691. The van der Waals surface area contributed by atoms with Crippen LogP contribution >= 0.6 is 0 Å². The largest absolute Gasteiger partial charge is 0.497 e. The topological polar surface area (TPSA) is 22.4 Å². The van der Waals surface area contributed by atoms with Crippen molar-refractivity contribution >= 4 is 11.0 Å². The van der Waals surface area contributed by atoms with Crippen molar-refractivity contribution in [1.29, 1.82) is 0 Å². The van der Waals surface area contributed by atoms with Gasteiger partial charge >= 0.3 is 0 Å². The Balaban J connectivity index is 1.87. The van der Waals surface area contributed by atoms with Gasteiger partial charge in [-0.2, -0.15) is 0 Å². The molecule has 3 aromatic rings. The zero-order valence-corrected chi connectivity index (χ0v) is 11.1. The lowest BCUT2D eigenvalue weighted by Gasteiger charge is -2.01. The molecule has 0 amide bonds. The van der Waals surface area contributed by atoms with Crippen LogP contribution in [0.25, 0.3) is 11.0 Å². The summed E-state index contributed by atoms with van der Waals surface area (Å²) >= 11 is 0. The van der Waals surface area contributed by atoms with Gasteiger partial charge < -0.3 is 9.15 Å². The van der Waals surface area contributed by atoms with Crippen molar-refractivity contribution < 1.29 is 9.15 Å². The minimum absolute atomic E-state index is 0.803. The number of benzene rings is 2. The fraction of sp³-hybridized carbons (Fsp3) is 0.176. The molecule has 0 aliphatic heterocycles. The Morgan fingerprint density at radius 1 is 1.00 bits per heavy atom. The SMILES string of the molecule is COc1ccc(Cc2cc3ccc(C)cc3o2)cc1. The average molecular weight is 252 g/mol. The molecule has 0 atom stereocenters. The van der Waals surface area contributed by atoms with Crippen LogP contribution in [0.15, 0.2) is 52.9 Å². The predicted octanol–water partition coefficient (Wildman–Crippen LogP) is 4.34. The summed E-state index contributed by atoms with van der Waals surface area (Å²) in [6, 6.07) is 16.5. The van der Waals surface area contributed by atoms with Gasteiger partial charge in [-0.3, -0.25) is 0 Å². The molecular weight excluding hydrogens is 236 g/mol. The third-order valence-electron chi connectivity index (χ3n) is 3.26. The maximum Gasteiger partial charge on any atom is 0.134 e. The molecule has 0 N–H and O–H groups in total. The van der Waals surface area contributed by atoms with E-state index in [2.05, 4.69) is 43.3 Å². The van der Waals surface area contributed by atoms with Crippen molar-refractivity contribution in [2.45, 2.75) is 13.3 Å². The van der Waals surface area contributed by atoms with Crippen LogP contribution in [0.2, 0.25) is 0 Å². The molecule has 0 aliphatic rings. The summed E-state index contributed by atoms with van der Waals surface area (Å²) in [6.07, 6.45) is 0.803. The Labute approximate surface area is 112 Å². The van der Waals surface area contributed by atoms with Crippen LogP contribution in [-0.2, 0) is 6.42 Å². The highest BCUT2D eigenvalue weighted by Gasteiger charge is 2.05. The second kappa shape index (κ2) is 4.81. The third-order valence-corrected chi connectivity index (χ3v) is 3.26. The van der Waals surface area contributed by atoms with Crippen LogP contribution in [0, 0.1) is 6.92 Å². The highest BCUT2D eigenvalue weighted by molar-refractivity contribution is 5.78. The second-order valence-electron chi connectivity index (χ2n) is 4.78. The Morgan fingerprint density at radius 2 is 1.79 bits per heavy atom. The number of fused-ring (bicyclic) bond motifs is 1. The van der Waals surface area contributed by atoms with E-state index in [-0.39, 0.29) is 0 Å². The van der Waals surface area contributed by atoms with Crippen molar-refractivity contribution in [2.24, 2.45) is 0 Å². The summed E-state index contributed by atoms with van der Waals surface area (Å²) < 4.78 is 11.0. The van der Waals surface area contributed by atoms with E-state index in [4.69, 9.17) is 9.15 Å². The van der Waals surface area contributed by atoms with Crippen LogP contribution < -0.4 is 4.74 Å². The summed E-state index contributed by atoms with van der Waals surface area (Å²) in [5, 5.41) is 1.16. The number of hydrogen-bond donors (Lipinski definition) is 0. The summed E-state index contributed by atoms with van der Waals surface area (Å²) in [7, 11) is 1.68. The molecule has 0 aliphatic carbocycles. The molecule has 0 bridgehead atoms. The van der Waals surface area contributed by atoms with E-state index in [1.807, 2.05) is 12.1 Å². The molecule has 2 nitrogen and oxygen atoms in total. The summed E-state index contributed by atoms with van der Waals surface area (Å²) in [6.45, 7) is 2.07. The normalized spacial score (nSPS) is 10.8. The number of methoxy groups -OCH3 is 1. The molecule has 1 aromatic heterocycles. The second-order valence-corrected chi connectivity index (χ2v) is 4.78. The van der Waals surface area contributed by atoms with Crippen LogP contribution in [-0.4, -0.2) is 7.11 Å². The number of aryl methyl sites for hydroxylation is 1. The van der Waals surface area contributed by atoms with Crippen molar-refractivity contribution in [1.82, 2.24) is 0 Å². The number of hydrogen-bond acceptors (Lipinski definition) is 2. The van der Waals surface area contributed by atoms with E-state index in [0.29, 0.717) is 0 Å². The van der Waals surface area contributed by atoms with Gasteiger partial charge in [0.2, 0.25) is 0 Å². The van der Waals surface area contributed by atoms with Gasteiger partial charge in [-0.05, 0) is 42.3 Å². The molecule has 0 saturated heterocycles. The molecule has 2 heteroatoms. The lowest BCUT2D eigenvalue weighted by atomic mass is 10.1. The van der Waals surface area contributed by atoms with Gasteiger partial charge in [0.15, 0.2) is 0 Å². The van der Waals surface area contributed by atoms with Crippen LogP contribution in [0.5, 0.6) is 5.75 Å². The number of furan rings is 1. The van der Waals surface area contributed by atoms with Gasteiger partial charge in [-0.15, -0.1) is 0 Å². The highest BCUT2D eigenvalue weighted by Crippen LogP contribution is 2.23. The minimum atomic E-state index is 0.803. The zero-order valence-electron chi connectivity index (χ0n) is 11.1. The number of ether oxygens (including phenoxy) is 1. The lowest BCUT2D eigenvalue weighted by molar-refractivity contribution is 0.414. The van der Waals surface area contributed by atoms with Gasteiger partial charge in [-0.1, -0.05) is 24.3 Å². The van der Waals surface area contributed by atoms with Crippen LogP contribution in [0.3, 0.4) is 0 Å². The fourth-order valence-corrected chi connectivity index (χ4v) is 2.23. The average Bonchev–Trinajstić information content (AvgIpc) is 2.81. The van der Waals surface area contributed by atoms with E-state index in [9.17, 15) is 0 Å². The monoisotopic (exact) mass is 252 g/mol. The Hall–Kier alpha value is -2.22. The Morgan fingerprint density at radius 3 is 2.53 bits per heavy atom. The first-order chi connectivity index (χ1) is 9.24. The van der Waals surface area contributed by atoms with Gasteiger partial charge in [0, 0.05) is 11.8 Å². The Kier molecular flexibility index (Phi) is 3.00. The van der Waals surface area contributed by atoms with Crippen LogP contribution in [0.4, 0.5) is 0 Å². The van der Waals surface area contributed by atoms with E-state index >= 15 is 0 Å². The summed E-state index contributed by atoms with van der Waals surface area (Å²) in [5.41, 5.74) is 3.40. The molecule has 0 radical (unpaired) electrons. The molecule has 1 heterocycles. The fourth-order valence-electron chi connectivity index (χ4n) is 2.23. The maximum atomic E-state index is 5.88. The van der Waals surface area contributed by atoms with Crippen molar-refractivity contribution in [3.8, 4) is 5.75 Å². The smallest absolute Gasteiger partial charge is 0.134 e. The molecule has 2 aromatic carbocycles. The first-order valence-electron chi connectivity index (χ1n) is 6.36. The molecular formula is C17H16O2. The van der Waals surface area contributed by atoms with Crippen molar-refractivity contribution in [3.63, 3.8) is 0 Å². The van der Waals surface area contributed by atoms with E-state index in [1.165, 1.54) is 11.1 Å². The van der Waals surface area contributed by atoms with Gasteiger partial charge in [0.25, 0.3) is 0 Å². The van der Waals surface area contributed by atoms with Gasteiger partial charge in [0.1, 0.15) is 17.1 Å². The minimum Gasteiger partial charge on any atom is -0.497 e. The summed E-state index contributed by atoms with van der Waals surface area (Å²) in [4.78, 5) is 0. The third kappa shape index (κ3) is 2.48. The first kappa shape index (κ1) is 11.8. The maximum absolute atomic E-state index is 5.88. The van der Waals surface area contributed by atoms with E-state index < -0.39 is 0 Å². The molecule has 0 unspecified atom stereocenters. The Bertz CT molecular complexity index is 693. The van der Waals surface area contributed by atoms with Crippen LogP contribution in [0.1, 0.15) is 16.9 Å². The van der Waals surface area contributed by atoms with Crippen molar-refractivity contribution in [2.75, 3.05) is 7.11 Å². The standard InChI is InChI=1S/C17H16O2/c1-12-3-6-14-11-16(19-17(14)9-12)10-13-4-7-15(18-2)8-5-13/h3-9,11H,10H2,1-2H3. The zero-order chi connectivity index (χ0) is 13.2. The molecule has 0 spiro atoms. The highest BCUT2D eigenvalue weighted by atomic mass is 16.5. The van der Waals surface area contributed by atoms with Gasteiger partial charge in [-0.25, -0.2) is 0 Å².